The highest BCUT2D eigenvalue weighted by molar-refractivity contribution is 5.94. The van der Waals surface area contributed by atoms with Crippen molar-refractivity contribution in [2.75, 3.05) is 21.3 Å². The van der Waals surface area contributed by atoms with E-state index in [9.17, 15) is 9.59 Å². The zero-order chi connectivity index (χ0) is 15.6. The van der Waals surface area contributed by atoms with E-state index >= 15 is 0 Å². The molecule has 0 saturated heterocycles. The van der Waals surface area contributed by atoms with E-state index in [1.165, 1.54) is 12.0 Å². The predicted molar refractivity (Wildman–Crippen MR) is 76.7 cm³/mol. The highest BCUT2D eigenvalue weighted by Gasteiger charge is 2.34. The molecular formula is C15H18N2O4. The van der Waals surface area contributed by atoms with Gasteiger partial charge in [0.2, 0.25) is 0 Å². The summed E-state index contributed by atoms with van der Waals surface area (Å²) in [5, 5.41) is 2.80. The third-order valence-electron chi connectivity index (χ3n) is 3.59. The number of urea groups is 1. The molecule has 1 N–H and O–H groups in total. The van der Waals surface area contributed by atoms with Gasteiger partial charge in [0.15, 0.2) is 0 Å². The standard InChI is InChI=1S/C15H18N2O4/c1-9-12(14(18)21-4)13(16-15(19)17(9)2)10-6-5-7-11(8-10)20-3/h5-8,13H,1-4H3,(H,16,19)/t13-/m0/s1. The number of carbonyl (C=O) groups excluding carboxylic acids is 2. The average Bonchev–Trinajstić information content (AvgIpc) is 2.51. The average molecular weight is 290 g/mol. The molecule has 2 rings (SSSR count). The summed E-state index contributed by atoms with van der Waals surface area (Å²) < 4.78 is 10.0. The van der Waals surface area contributed by atoms with Crippen LogP contribution in [-0.2, 0) is 9.53 Å². The van der Waals surface area contributed by atoms with E-state index in [1.54, 1.807) is 33.2 Å². The summed E-state index contributed by atoms with van der Waals surface area (Å²) in [5.41, 5.74) is 1.74. The first-order chi connectivity index (χ1) is 9.99. The molecule has 0 bridgehead atoms. The number of ether oxygens (including phenoxy) is 2. The first-order valence-corrected chi connectivity index (χ1v) is 6.46. The number of hydrogen-bond acceptors (Lipinski definition) is 4. The fraction of sp³-hybridized carbons (Fsp3) is 0.333. The molecule has 0 aromatic heterocycles. The smallest absolute Gasteiger partial charge is 0.337 e. The molecule has 1 aromatic rings. The fourth-order valence-corrected chi connectivity index (χ4v) is 2.28. The molecule has 1 aliphatic heterocycles. The van der Waals surface area contributed by atoms with Crippen LogP contribution in [-0.4, -0.2) is 38.2 Å². The van der Waals surface area contributed by atoms with Crippen molar-refractivity contribution in [2.24, 2.45) is 0 Å². The third-order valence-corrected chi connectivity index (χ3v) is 3.59. The number of nitrogens with zero attached hydrogens (tertiary/aromatic N) is 1. The lowest BCUT2D eigenvalue weighted by Crippen LogP contribution is -2.46. The van der Waals surface area contributed by atoms with Crippen LogP contribution in [0.25, 0.3) is 0 Å². The first kappa shape index (κ1) is 14.9. The van der Waals surface area contributed by atoms with Crippen molar-refractivity contribution in [3.8, 4) is 5.75 Å². The summed E-state index contributed by atoms with van der Waals surface area (Å²) in [6, 6.07) is 6.39. The molecule has 1 heterocycles. The minimum Gasteiger partial charge on any atom is -0.497 e. The Hall–Kier alpha value is -2.50. The van der Waals surface area contributed by atoms with Crippen LogP contribution in [0.4, 0.5) is 4.79 Å². The number of carbonyl (C=O) groups is 2. The van der Waals surface area contributed by atoms with Crippen molar-refractivity contribution in [1.29, 1.82) is 0 Å². The summed E-state index contributed by atoms with van der Waals surface area (Å²) in [6.07, 6.45) is 0. The lowest BCUT2D eigenvalue weighted by Gasteiger charge is -2.33. The molecule has 1 atom stereocenters. The minimum atomic E-state index is -0.559. The Morgan fingerprint density at radius 1 is 1.33 bits per heavy atom. The zero-order valence-electron chi connectivity index (χ0n) is 12.5. The largest absolute Gasteiger partial charge is 0.497 e. The topological polar surface area (TPSA) is 67.9 Å². The van der Waals surface area contributed by atoms with Gasteiger partial charge in [-0.2, -0.15) is 0 Å². The summed E-state index contributed by atoms with van der Waals surface area (Å²) in [6.45, 7) is 1.72. The van der Waals surface area contributed by atoms with E-state index in [1.807, 2.05) is 12.1 Å². The number of esters is 1. The van der Waals surface area contributed by atoms with Gasteiger partial charge in [0.1, 0.15) is 5.75 Å². The number of hydrogen-bond donors (Lipinski definition) is 1. The molecule has 112 valence electrons. The maximum absolute atomic E-state index is 12.1. The third kappa shape index (κ3) is 2.69. The highest BCUT2D eigenvalue weighted by Crippen LogP contribution is 2.31. The van der Waals surface area contributed by atoms with Crippen molar-refractivity contribution in [3.05, 3.63) is 41.1 Å². The number of rotatable bonds is 3. The molecular weight excluding hydrogens is 272 g/mol. The van der Waals surface area contributed by atoms with Gasteiger partial charge >= 0.3 is 12.0 Å². The molecule has 6 heteroatoms. The van der Waals surface area contributed by atoms with Crippen LogP contribution in [0.1, 0.15) is 18.5 Å². The van der Waals surface area contributed by atoms with Gasteiger partial charge in [0.05, 0.1) is 25.8 Å². The van der Waals surface area contributed by atoms with Crippen LogP contribution in [0.3, 0.4) is 0 Å². The van der Waals surface area contributed by atoms with E-state index in [2.05, 4.69) is 5.32 Å². The molecule has 21 heavy (non-hydrogen) atoms. The SMILES string of the molecule is COC(=O)C1=C(C)N(C)C(=O)N[C@H]1c1cccc(OC)c1. The van der Waals surface area contributed by atoms with Crippen LogP contribution in [0, 0.1) is 0 Å². The van der Waals surface area contributed by atoms with Gasteiger partial charge in [-0.05, 0) is 24.6 Å². The number of benzene rings is 1. The Labute approximate surface area is 123 Å². The summed E-state index contributed by atoms with van der Waals surface area (Å²) in [4.78, 5) is 25.5. The summed E-state index contributed by atoms with van der Waals surface area (Å²) >= 11 is 0. The molecule has 0 saturated carbocycles. The minimum absolute atomic E-state index is 0.270. The van der Waals surface area contributed by atoms with Crippen LogP contribution in [0.15, 0.2) is 35.5 Å². The quantitative estimate of drug-likeness (QED) is 0.862. The predicted octanol–water partition coefficient (Wildman–Crippen LogP) is 1.84. The van der Waals surface area contributed by atoms with Gasteiger partial charge in [0.25, 0.3) is 0 Å². The van der Waals surface area contributed by atoms with Crippen molar-refractivity contribution < 1.29 is 19.1 Å². The first-order valence-electron chi connectivity index (χ1n) is 6.46. The van der Waals surface area contributed by atoms with Gasteiger partial charge in [-0.25, -0.2) is 9.59 Å². The van der Waals surface area contributed by atoms with Crippen molar-refractivity contribution in [3.63, 3.8) is 0 Å². The molecule has 2 amide bonds. The number of allylic oxidation sites excluding steroid dienone is 1. The van der Waals surface area contributed by atoms with Crippen LogP contribution in [0.2, 0.25) is 0 Å². The second-order valence-corrected chi connectivity index (χ2v) is 4.71. The van der Waals surface area contributed by atoms with E-state index in [4.69, 9.17) is 9.47 Å². The molecule has 0 fully saturated rings. The van der Waals surface area contributed by atoms with Gasteiger partial charge in [0, 0.05) is 12.7 Å². The Balaban J connectivity index is 2.53. The van der Waals surface area contributed by atoms with E-state index in [0.717, 1.165) is 5.56 Å². The molecule has 0 spiro atoms. The second-order valence-electron chi connectivity index (χ2n) is 4.71. The molecule has 0 radical (unpaired) electrons. The Bertz CT molecular complexity index is 609. The van der Waals surface area contributed by atoms with Crippen LogP contribution in [0.5, 0.6) is 5.75 Å². The second kappa shape index (κ2) is 5.87. The number of nitrogens with one attached hydrogen (secondary N) is 1. The van der Waals surface area contributed by atoms with Gasteiger partial charge in [-0.15, -0.1) is 0 Å². The Kier molecular flexibility index (Phi) is 4.16. The van der Waals surface area contributed by atoms with Gasteiger partial charge in [-0.3, -0.25) is 0 Å². The van der Waals surface area contributed by atoms with E-state index in [0.29, 0.717) is 17.0 Å². The Morgan fingerprint density at radius 3 is 2.67 bits per heavy atom. The number of amides is 2. The van der Waals surface area contributed by atoms with Crippen LogP contribution < -0.4 is 10.1 Å². The Morgan fingerprint density at radius 2 is 2.05 bits per heavy atom. The monoisotopic (exact) mass is 290 g/mol. The fourth-order valence-electron chi connectivity index (χ4n) is 2.28. The summed E-state index contributed by atoms with van der Waals surface area (Å²) in [5.74, 6) is 0.190. The molecule has 1 aromatic carbocycles. The molecule has 6 nitrogen and oxygen atoms in total. The van der Waals surface area contributed by atoms with Crippen LogP contribution >= 0.6 is 0 Å². The normalized spacial score (nSPS) is 18.4. The van der Waals surface area contributed by atoms with E-state index < -0.39 is 12.0 Å². The number of methoxy groups -OCH3 is 2. The summed E-state index contributed by atoms with van der Waals surface area (Å²) in [7, 11) is 4.49. The maximum atomic E-state index is 12.1. The highest BCUT2D eigenvalue weighted by atomic mass is 16.5. The lowest BCUT2D eigenvalue weighted by atomic mass is 9.95. The maximum Gasteiger partial charge on any atom is 0.337 e. The molecule has 0 aliphatic carbocycles. The van der Waals surface area contributed by atoms with Gasteiger partial charge in [-0.1, -0.05) is 12.1 Å². The van der Waals surface area contributed by atoms with Crippen molar-refractivity contribution in [1.82, 2.24) is 10.2 Å². The lowest BCUT2D eigenvalue weighted by molar-refractivity contribution is -0.136. The van der Waals surface area contributed by atoms with Crippen molar-refractivity contribution in [2.45, 2.75) is 13.0 Å². The molecule has 1 aliphatic rings. The zero-order valence-corrected chi connectivity index (χ0v) is 12.5. The molecule has 0 unspecified atom stereocenters. The van der Waals surface area contributed by atoms with Gasteiger partial charge < -0.3 is 19.7 Å². The van der Waals surface area contributed by atoms with E-state index in [-0.39, 0.29) is 6.03 Å². The van der Waals surface area contributed by atoms with Crippen molar-refractivity contribution >= 4 is 12.0 Å².